The van der Waals surface area contributed by atoms with E-state index in [0.717, 1.165) is 11.3 Å². The van der Waals surface area contributed by atoms with Crippen molar-refractivity contribution in [3.63, 3.8) is 0 Å². The van der Waals surface area contributed by atoms with Crippen LogP contribution in [0.2, 0.25) is 0 Å². The second kappa shape index (κ2) is 5.75. The largest absolute Gasteiger partial charge is 0.497 e. The normalized spacial score (nSPS) is 10.2. The topological polar surface area (TPSA) is 61.5 Å². The summed E-state index contributed by atoms with van der Waals surface area (Å²) in [5.74, 6) is 0.367. The molecule has 5 heteroatoms. The van der Waals surface area contributed by atoms with E-state index in [1.807, 2.05) is 24.3 Å². The van der Waals surface area contributed by atoms with Crippen molar-refractivity contribution in [1.82, 2.24) is 0 Å². The number of thiophene rings is 1. The van der Waals surface area contributed by atoms with Crippen LogP contribution in [0, 0.1) is 0 Å². The first-order valence-electron chi connectivity index (χ1n) is 5.85. The van der Waals surface area contributed by atoms with Crippen LogP contribution in [0.15, 0.2) is 29.6 Å². The van der Waals surface area contributed by atoms with Crippen molar-refractivity contribution >= 4 is 22.3 Å². The highest BCUT2D eigenvalue weighted by molar-refractivity contribution is 7.15. The Bertz CT molecular complexity index is 592. The third-order valence-electron chi connectivity index (χ3n) is 2.67. The molecule has 0 aliphatic carbocycles. The molecule has 4 nitrogen and oxygen atoms in total. The summed E-state index contributed by atoms with van der Waals surface area (Å²) >= 11 is 1.33. The van der Waals surface area contributed by atoms with E-state index in [-0.39, 0.29) is 5.97 Å². The molecule has 0 unspecified atom stereocenters. The first-order chi connectivity index (χ1) is 9.17. The van der Waals surface area contributed by atoms with Crippen LogP contribution in [-0.2, 0) is 4.74 Å². The molecule has 0 spiro atoms. The van der Waals surface area contributed by atoms with Gasteiger partial charge in [0, 0.05) is 10.9 Å². The zero-order valence-corrected chi connectivity index (χ0v) is 11.6. The van der Waals surface area contributed by atoms with E-state index in [2.05, 4.69) is 0 Å². The molecular formula is C14H15NO3S. The molecule has 1 heterocycles. The Labute approximate surface area is 115 Å². The molecule has 2 aromatic rings. The Morgan fingerprint density at radius 3 is 2.89 bits per heavy atom. The molecule has 0 aliphatic rings. The van der Waals surface area contributed by atoms with Gasteiger partial charge in [-0.1, -0.05) is 12.1 Å². The molecule has 19 heavy (non-hydrogen) atoms. The number of hydrogen-bond donors (Lipinski definition) is 1. The van der Waals surface area contributed by atoms with Gasteiger partial charge in [-0.15, -0.1) is 11.3 Å². The monoisotopic (exact) mass is 277 g/mol. The zero-order chi connectivity index (χ0) is 13.8. The zero-order valence-electron chi connectivity index (χ0n) is 10.8. The second-order valence-electron chi connectivity index (χ2n) is 3.84. The van der Waals surface area contributed by atoms with Gasteiger partial charge in [0.15, 0.2) is 0 Å². The van der Waals surface area contributed by atoms with Gasteiger partial charge in [-0.3, -0.25) is 0 Å². The van der Waals surface area contributed by atoms with Crippen molar-refractivity contribution in [3.05, 3.63) is 35.2 Å². The summed E-state index contributed by atoms with van der Waals surface area (Å²) in [6.45, 7) is 2.12. The smallest absolute Gasteiger partial charge is 0.339 e. The maximum absolute atomic E-state index is 11.9. The van der Waals surface area contributed by atoms with Crippen molar-refractivity contribution < 1.29 is 14.3 Å². The van der Waals surface area contributed by atoms with Crippen LogP contribution in [-0.4, -0.2) is 19.7 Å². The summed E-state index contributed by atoms with van der Waals surface area (Å²) in [6.07, 6.45) is 0. The Kier molecular flexibility index (Phi) is 4.06. The molecule has 2 rings (SSSR count). The lowest BCUT2D eigenvalue weighted by Crippen LogP contribution is -2.05. The predicted molar refractivity (Wildman–Crippen MR) is 76.7 cm³/mol. The Morgan fingerprint density at radius 2 is 2.21 bits per heavy atom. The minimum absolute atomic E-state index is 0.339. The highest BCUT2D eigenvalue weighted by Crippen LogP contribution is 2.36. The fraction of sp³-hybridized carbons (Fsp3) is 0.214. The minimum atomic E-state index is -0.353. The quantitative estimate of drug-likeness (QED) is 0.872. The molecule has 100 valence electrons. The lowest BCUT2D eigenvalue weighted by molar-refractivity contribution is 0.0528. The fourth-order valence-corrected chi connectivity index (χ4v) is 2.61. The number of benzene rings is 1. The molecule has 0 radical (unpaired) electrons. The van der Waals surface area contributed by atoms with Crippen molar-refractivity contribution in [3.8, 4) is 16.9 Å². The molecule has 1 aromatic heterocycles. The number of ether oxygens (including phenoxy) is 2. The van der Waals surface area contributed by atoms with E-state index in [4.69, 9.17) is 15.2 Å². The number of anilines is 1. The van der Waals surface area contributed by atoms with Gasteiger partial charge in [0.1, 0.15) is 5.75 Å². The molecule has 0 atom stereocenters. The van der Waals surface area contributed by atoms with Crippen LogP contribution in [0.4, 0.5) is 5.00 Å². The SMILES string of the molecule is CCOC(=O)c1csc(N)c1-c1cccc(OC)c1. The summed E-state index contributed by atoms with van der Waals surface area (Å²) in [5, 5.41) is 2.32. The summed E-state index contributed by atoms with van der Waals surface area (Å²) < 4.78 is 10.2. The van der Waals surface area contributed by atoms with E-state index < -0.39 is 0 Å². The average Bonchev–Trinajstić information content (AvgIpc) is 2.81. The number of rotatable bonds is 4. The number of hydrogen-bond acceptors (Lipinski definition) is 5. The third kappa shape index (κ3) is 2.71. The van der Waals surface area contributed by atoms with E-state index in [1.165, 1.54) is 11.3 Å². The molecule has 0 aliphatic heterocycles. The van der Waals surface area contributed by atoms with Gasteiger partial charge in [-0.05, 0) is 24.6 Å². The van der Waals surface area contributed by atoms with Crippen LogP contribution in [0.3, 0.4) is 0 Å². The van der Waals surface area contributed by atoms with Gasteiger partial charge < -0.3 is 15.2 Å². The van der Waals surface area contributed by atoms with Gasteiger partial charge in [-0.2, -0.15) is 0 Å². The number of methoxy groups -OCH3 is 1. The highest BCUT2D eigenvalue weighted by atomic mass is 32.1. The van der Waals surface area contributed by atoms with Gasteiger partial charge >= 0.3 is 5.97 Å². The predicted octanol–water partition coefficient (Wildman–Crippen LogP) is 3.18. The van der Waals surface area contributed by atoms with E-state index in [1.54, 1.807) is 19.4 Å². The van der Waals surface area contributed by atoms with E-state index in [0.29, 0.717) is 22.7 Å². The summed E-state index contributed by atoms with van der Waals surface area (Å²) in [7, 11) is 1.60. The summed E-state index contributed by atoms with van der Waals surface area (Å²) in [4.78, 5) is 11.9. The molecule has 0 fully saturated rings. The van der Waals surface area contributed by atoms with Crippen LogP contribution >= 0.6 is 11.3 Å². The number of carbonyl (C=O) groups is 1. The molecule has 0 amide bonds. The lowest BCUT2D eigenvalue weighted by atomic mass is 10.0. The highest BCUT2D eigenvalue weighted by Gasteiger charge is 2.19. The number of esters is 1. The fourth-order valence-electron chi connectivity index (χ4n) is 1.81. The first kappa shape index (κ1) is 13.4. The minimum Gasteiger partial charge on any atom is -0.497 e. The number of carbonyl (C=O) groups excluding carboxylic acids is 1. The Balaban J connectivity index is 2.48. The van der Waals surface area contributed by atoms with Gasteiger partial charge in [0.25, 0.3) is 0 Å². The standard InChI is InChI=1S/C14H15NO3S/c1-3-18-14(16)11-8-19-13(15)12(11)9-5-4-6-10(7-9)17-2/h4-8H,3,15H2,1-2H3. The van der Waals surface area contributed by atoms with Crippen LogP contribution in [0.1, 0.15) is 17.3 Å². The van der Waals surface area contributed by atoms with E-state index >= 15 is 0 Å². The van der Waals surface area contributed by atoms with Crippen molar-refractivity contribution in [1.29, 1.82) is 0 Å². The van der Waals surface area contributed by atoms with Crippen molar-refractivity contribution in [2.24, 2.45) is 0 Å². The first-order valence-corrected chi connectivity index (χ1v) is 6.73. The number of nitrogen functional groups attached to an aromatic ring is 1. The van der Waals surface area contributed by atoms with Gasteiger partial charge in [0.05, 0.1) is 24.3 Å². The molecule has 0 saturated carbocycles. The molecule has 0 saturated heterocycles. The second-order valence-corrected chi connectivity index (χ2v) is 4.75. The van der Waals surface area contributed by atoms with Crippen molar-refractivity contribution in [2.45, 2.75) is 6.92 Å². The third-order valence-corrected chi connectivity index (χ3v) is 3.48. The molecule has 0 bridgehead atoms. The van der Waals surface area contributed by atoms with E-state index in [9.17, 15) is 4.79 Å². The summed E-state index contributed by atoms with van der Waals surface area (Å²) in [6, 6.07) is 7.45. The van der Waals surface area contributed by atoms with Gasteiger partial charge in [0.2, 0.25) is 0 Å². The molecule has 1 aromatic carbocycles. The lowest BCUT2D eigenvalue weighted by Gasteiger charge is -2.07. The van der Waals surface area contributed by atoms with Crippen molar-refractivity contribution in [2.75, 3.05) is 19.5 Å². The average molecular weight is 277 g/mol. The molecular weight excluding hydrogens is 262 g/mol. The Hall–Kier alpha value is -2.01. The van der Waals surface area contributed by atoms with Crippen LogP contribution in [0.25, 0.3) is 11.1 Å². The van der Waals surface area contributed by atoms with Crippen LogP contribution in [0.5, 0.6) is 5.75 Å². The molecule has 2 N–H and O–H groups in total. The van der Waals surface area contributed by atoms with Crippen LogP contribution < -0.4 is 10.5 Å². The van der Waals surface area contributed by atoms with Gasteiger partial charge in [-0.25, -0.2) is 4.79 Å². The summed E-state index contributed by atoms with van der Waals surface area (Å²) in [5.41, 5.74) is 8.03. The maximum Gasteiger partial charge on any atom is 0.339 e. The number of nitrogens with two attached hydrogens (primary N) is 1. The maximum atomic E-state index is 11.9. The Morgan fingerprint density at radius 1 is 1.42 bits per heavy atom.